The molecular weight excluding hydrogens is 810 g/mol. The Balaban J connectivity index is 1.12. The molecule has 13 aromatic rings. The maximum atomic E-state index is 2.67. The van der Waals surface area contributed by atoms with Crippen LogP contribution in [0, 0.1) is 0 Å². The maximum absolute atomic E-state index is 2.67. The molecule has 0 radical (unpaired) electrons. The van der Waals surface area contributed by atoms with Gasteiger partial charge in [0, 0.05) is 22.0 Å². The van der Waals surface area contributed by atoms with Crippen LogP contribution in [0.15, 0.2) is 218 Å². The zero-order valence-corrected chi connectivity index (χ0v) is 36.2. The first-order valence-electron chi connectivity index (χ1n) is 23.6. The van der Waals surface area contributed by atoms with Gasteiger partial charge >= 0.3 is 0 Å². The average molecular weight is 846 g/mol. The van der Waals surface area contributed by atoms with E-state index >= 15 is 0 Å². The van der Waals surface area contributed by atoms with E-state index in [0.29, 0.717) is 0 Å². The summed E-state index contributed by atoms with van der Waals surface area (Å²) in [7, 11) is 0. The molecule has 0 atom stereocenters. The van der Waals surface area contributed by atoms with Crippen LogP contribution in [0.5, 0.6) is 0 Å². The van der Waals surface area contributed by atoms with Gasteiger partial charge in [-0.25, -0.2) is 0 Å². The van der Waals surface area contributed by atoms with Crippen molar-refractivity contribution in [2.75, 3.05) is 0 Å². The Morgan fingerprint density at radius 1 is 0.343 bits per heavy atom. The van der Waals surface area contributed by atoms with Crippen LogP contribution in [0.25, 0.3) is 105 Å². The highest BCUT2D eigenvalue weighted by Gasteiger charge is 2.55. The molecule has 4 heteroatoms. The van der Waals surface area contributed by atoms with Crippen LogP contribution in [0.1, 0.15) is 22.3 Å². The van der Waals surface area contributed by atoms with E-state index < -0.39 is 5.41 Å². The van der Waals surface area contributed by atoms with Crippen LogP contribution >= 0.6 is 0 Å². The Morgan fingerprint density at radius 2 is 0.940 bits per heavy atom. The predicted molar refractivity (Wildman–Crippen MR) is 278 cm³/mol. The summed E-state index contributed by atoms with van der Waals surface area (Å²) in [5, 5.41) is 3.85. The molecule has 1 spiro atoms. The number of hydrogen-bond acceptors (Lipinski definition) is 0. The molecule has 0 saturated carbocycles. The van der Waals surface area contributed by atoms with Crippen molar-refractivity contribution in [2.24, 2.45) is 0 Å². The number of hydrogen-bond donors (Lipinski definition) is 0. The minimum Gasteiger partial charge on any atom is -0.307 e. The first-order chi connectivity index (χ1) is 33.3. The van der Waals surface area contributed by atoms with E-state index in [4.69, 9.17) is 0 Å². The Hall–Kier alpha value is -8.60. The lowest BCUT2D eigenvalue weighted by molar-refractivity contribution is 0.794. The fraction of sp³-hybridized carbons (Fsp3) is 0.0159. The van der Waals surface area contributed by atoms with Crippen LogP contribution in [0.4, 0.5) is 0 Å². The number of nitrogens with zero attached hydrogens (tertiary/aromatic N) is 3. The molecule has 3 aromatic heterocycles. The molecular formula is C63H36BN3. The number of para-hydroxylation sites is 5. The second kappa shape index (κ2) is 12.0. The van der Waals surface area contributed by atoms with E-state index in [2.05, 4.69) is 232 Å². The highest BCUT2D eigenvalue weighted by Crippen LogP contribution is 2.63. The summed E-state index contributed by atoms with van der Waals surface area (Å²) in [6.07, 6.45) is 0. The second-order valence-corrected chi connectivity index (χ2v) is 19.0. The fourth-order valence-electron chi connectivity index (χ4n) is 14.0. The van der Waals surface area contributed by atoms with E-state index in [1.54, 1.807) is 0 Å². The third-order valence-corrected chi connectivity index (χ3v) is 16.2. The number of imidazole rings is 1. The monoisotopic (exact) mass is 845 g/mol. The Kier molecular flexibility index (Phi) is 6.22. The first kappa shape index (κ1) is 34.8. The van der Waals surface area contributed by atoms with Crippen molar-refractivity contribution in [1.29, 1.82) is 0 Å². The predicted octanol–water partition coefficient (Wildman–Crippen LogP) is 13.0. The minimum atomic E-state index is -0.446. The maximum Gasteiger partial charge on any atom is 0.252 e. The lowest BCUT2D eigenvalue weighted by atomic mass is 9.36. The molecule has 5 heterocycles. The van der Waals surface area contributed by atoms with Gasteiger partial charge in [-0.3, -0.25) is 8.97 Å². The van der Waals surface area contributed by atoms with Gasteiger partial charge in [-0.1, -0.05) is 187 Å². The molecule has 0 bridgehead atoms. The quantitative estimate of drug-likeness (QED) is 0.154. The average Bonchev–Trinajstić information content (AvgIpc) is 4.22. The molecule has 2 aliphatic carbocycles. The summed E-state index contributed by atoms with van der Waals surface area (Å²) in [6.45, 7) is -0.0491. The highest BCUT2D eigenvalue weighted by atomic mass is 15.2. The van der Waals surface area contributed by atoms with Crippen molar-refractivity contribution in [3.63, 3.8) is 0 Å². The largest absolute Gasteiger partial charge is 0.307 e. The Morgan fingerprint density at radius 3 is 1.70 bits per heavy atom. The summed E-state index contributed by atoms with van der Waals surface area (Å²) in [5.41, 5.74) is 29.7. The van der Waals surface area contributed by atoms with Crippen molar-refractivity contribution in [3.8, 4) is 55.9 Å². The van der Waals surface area contributed by atoms with Crippen LogP contribution in [0.2, 0.25) is 0 Å². The van der Waals surface area contributed by atoms with Gasteiger partial charge in [0.1, 0.15) is 5.65 Å². The minimum absolute atomic E-state index is 0.0491. The fourth-order valence-corrected chi connectivity index (χ4v) is 14.0. The summed E-state index contributed by atoms with van der Waals surface area (Å²) in [4.78, 5) is 0. The molecule has 0 fully saturated rings. The van der Waals surface area contributed by atoms with E-state index in [9.17, 15) is 0 Å². The van der Waals surface area contributed by atoms with Gasteiger partial charge in [0.15, 0.2) is 0 Å². The second-order valence-electron chi connectivity index (χ2n) is 19.0. The van der Waals surface area contributed by atoms with Crippen molar-refractivity contribution in [2.45, 2.75) is 5.41 Å². The highest BCUT2D eigenvalue weighted by molar-refractivity contribution is 7.03. The van der Waals surface area contributed by atoms with Crippen molar-refractivity contribution < 1.29 is 0 Å². The number of rotatable bonds is 2. The van der Waals surface area contributed by atoms with Gasteiger partial charge in [0.25, 0.3) is 6.71 Å². The Bertz CT molecular complexity index is 4350. The van der Waals surface area contributed by atoms with Crippen LogP contribution in [-0.2, 0) is 5.41 Å². The van der Waals surface area contributed by atoms with Gasteiger partial charge in [0.2, 0.25) is 0 Å². The third-order valence-electron chi connectivity index (χ3n) is 16.2. The topological polar surface area (TPSA) is 14.3 Å². The van der Waals surface area contributed by atoms with Crippen molar-refractivity contribution in [1.82, 2.24) is 13.5 Å². The van der Waals surface area contributed by atoms with E-state index in [1.165, 1.54) is 138 Å². The normalized spacial score (nSPS) is 14.1. The third kappa shape index (κ3) is 3.87. The molecule has 4 aliphatic rings. The molecule has 0 unspecified atom stereocenters. The van der Waals surface area contributed by atoms with Gasteiger partial charge in [-0.05, 0) is 114 Å². The molecule has 17 rings (SSSR count). The summed E-state index contributed by atoms with van der Waals surface area (Å²) in [5.74, 6) is 0. The van der Waals surface area contributed by atoms with Gasteiger partial charge < -0.3 is 4.57 Å². The molecule has 3 nitrogen and oxygen atoms in total. The Labute approximate surface area is 386 Å². The molecule has 306 valence electrons. The number of fused-ring (bicyclic) bond motifs is 26. The standard InChI is InChI=1S/C63H36BN3/c1-3-18-37(19-4-1)39-26-17-27-45-58-62-66(59(39)45)53-32-15-16-33-54(53)67(62)61-57-46(36-47-42-24-10-14-31-52(42)65(60(47)61)38-20-5-2-6-21-38)43-34-35-51-55(56(43)64(57)58)44-25-9-13-30-50(44)63(51)48-28-11-7-22-40(48)41-23-8-12-29-49(41)63/h1-36H. The zero-order valence-electron chi connectivity index (χ0n) is 36.2. The molecule has 0 saturated heterocycles. The molecule has 0 amide bonds. The molecule has 67 heavy (non-hydrogen) atoms. The molecule has 10 aromatic carbocycles. The van der Waals surface area contributed by atoms with E-state index in [1.807, 2.05) is 0 Å². The lowest BCUT2D eigenvalue weighted by Gasteiger charge is -2.30. The zero-order chi connectivity index (χ0) is 43.3. The van der Waals surface area contributed by atoms with Gasteiger partial charge in [-0.15, -0.1) is 0 Å². The number of benzene rings is 10. The summed E-state index contributed by atoms with van der Waals surface area (Å²) >= 11 is 0. The van der Waals surface area contributed by atoms with Crippen LogP contribution in [-0.4, -0.2) is 20.2 Å². The smallest absolute Gasteiger partial charge is 0.252 e. The molecule has 0 N–H and O–H groups in total. The SMILES string of the molecule is c1ccc(-c2cccc3c4c5n(c6ccccc6n5c23)-c2c3c(cc5c6ccccc6n(-c6ccccc6)c25)-c2ccc5c(c2B34)-c2ccccc2C52c3ccccc3-c3ccccc32)cc1. The van der Waals surface area contributed by atoms with Crippen LogP contribution in [0.3, 0.4) is 0 Å². The van der Waals surface area contributed by atoms with Crippen molar-refractivity contribution >= 4 is 72.5 Å². The van der Waals surface area contributed by atoms with E-state index in [-0.39, 0.29) is 6.71 Å². The van der Waals surface area contributed by atoms with Gasteiger partial charge in [0.05, 0.1) is 38.7 Å². The van der Waals surface area contributed by atoms with E-state index in [0.717, 1.165) is 5.69 Å². The summed E-state index contributed by atoms with van der Waals surface area (Å²) in [6, 6.07) is 82.6. The van der Waals surface area contributed by atoms with Gasteiger partial charge in [-0.2, -0.15) is 0 Å². The molecule has 2 aliphatic heterocycles. The first-order valence-corrected chi connectivity index (χ1v) is 23.6. The van der Waals surface area contributed by atoms with Crippen molar-refractivity contribution in [3.05, 3.63) is 241 Å². The number of aromatic nitrogens is 3. The summed E-state index contributed by atoms with van der Waals surface area (Å²) < 4.78 is 7.84. The lowest BCUT2D eigenvalue weighted by Crippen LogP contribution is -2.53. The van der Waals surface area contributed by atoms with Crippen LogP contribution < -0.4 is 16.4 Å².